The van der Waals surface area contributed by atoms with Crippen LogP contribution in [-0.2, 0) is 16.5 Å². The third-order valence-electron chi connectivity index (χ3n) is 4.80. The summed E-state index contributed by atoms with van der Waals surface area (Å²) in [6, 6.07) is 3.46. The predicted octanol–water partition coefficient (Wildman–Crippen LogP) is 2.28. The smallest absolute Gasteiger partial charge is 0.277 e. The molecular weight excluding hydrogens is 430 g/mol. The Morgan fingerprint density at radius 2 is 2.00 bits per heavy atom. The molecule has 0 unspecified atom stereocenters. The summed E-state index contributed by atoms with van der Waals surface area (Å²) < 4.78 is 41.1. The number of nitrogens with one attached hydrogen (secondary N) is 1. The number of nitrogens with two attached hydrogens (primary N) is 2. The van der Waals surface area contributed by atoms with Crippen LogP contribution >= 0.6 is 11.3 Å². The van der Waals surface area contributed by atoms with Crippen molar-refractivity contribution in [3.8, 4) is 10.6 Å². The van der Waals surface area contributed by atoms with Gasteiger partial charge in [0.15, 0.2) is 5.69 Å². The first-order valence-electron chi connectivity index (χ1n) is 9.36. The van der Waals surface area contributed by atoms with Crippen LogP contribution in [0.25, 0.3) is 10.6 Å². The first-order chi connectivity index (χ1) is 14.9. The average Bonchev–Trinajstić information content (AvgIpc) is 3.30. The first-order valence-corrected chi connectivity index (χ1v) is 10.2. The summed E-state index contributed by atoms with van der Waals surface area (Å²) in [5.74, 6) is -2.15. The molecule has 1 aliphatic rings. The van der Waals surface area contributed by atoms with Crippen molar-refractivity contribution in [2.45, 2.75) is 6.29 Å². The molecule has 1 saturated heterocycles. The van der Waals surface area contributed by atoms with E-state index >= 15 is 0 Å². The number of carbonyl (C=O) groups excluding carboxylic acids is 1. The van der Waals surface area contributed by atoms with Gasteiger partial charge in [0.2, 0.25) is 6.29 Å². The van der Waals surface area contributed by atoms with Gasteiger partial charge in [0.05, 0.1) is 30.7 Å². The Morgan fingerprint density at radius 1 is 1.32 bits per heavy atom. The molecule has 1 aromatic carbocycles. The van der Waals surface area contributed by atoms with E-state index in [4.69, 9.17) is 20.9 Å². The quantitative estimate of drug-likeness (QED) is 0.544. The number of anilines is 2. The number of ether oxygens (including phenoxy) is 2. The van der Waals surface area contributed by atoms with Crippen molar-refractivity contribution in [1.82, 2.24) is 14.8 Å². The SMILES string of the molecule is Cn1ncc(NC(=O)c2nc(-c3c(F)cccc3F)sc2N)c1C1OCC(CN)CO1. The molecule has 12 heteroatoms. The third kappa shape index (κ3) is 4.14. The molecule has 1 aliphatic heterocycles. The highest BCUT2D eigenvalue weighted by molar-refractivity contribution is 7.19. The number of aromatic nitrogens is 3. The van der Waals surface area contributed by atoms with Crippen LogP contribution in [-0.4, -0.2) is 40.4 Å². The molecule has 4 rings (SSSR count). The van der Waals surface area contributed by atoms with Crippen LogP contribution < -0.4 is 16.8 Å². The van der Waals surface area contributed by atoms with Gasteiger partial charge in [-0.1, -0.05) is 17.4 Å². The van der Waals surface area contributed by atoms with E-state index in [1.165, 1.54) is 16.9 Å². The molecule has 31 heavy (non-hydrogen) atoms. The second-order valence-electron chi connectivity index (χ2n) is 6.95. The summed E-state index contributed by atoms with van der Waals surface area (Å²) in [5, 5.41) is 6.81. The third-order valence-corrected chi connectivity index (χ3v) is 5.70. The minimum Gasteiger partial charge on any atom is -0.389 e. The van der Waals surface area contributed by atoms with Gasteiger partial charge in [0, 0.05) is 13.0 Å². The lowest BCUT2D eigenvalue weighted by atomic mass is 10.1. The number of rotatable bonds is 5. The van der Waals surface area contributed by atoms with E-state index in [0.717, 1.165) is 23.5 Å². The summed E-state index contributed by atoms with van der Waals surface area (Å²) >= 11 is 0.819. The zero-order valence-corrected chi connectivity index (χ0v) is 17.3. The fourth-order valence-electron chi connectivity index (χ4n) is 3.15. The summed E-state index contributed by atoms with van der Waals surface area (Å²) in [4.78, 5) is 16.9. The maximum atomic E-state index is 14.1. The maximum Gasteiger partial charge on any atom is 0.277 e. The van der Waals surface area contributed by atoms with Crippen LogP contribution in [0.3, 0.4) is 0 Å². The Hall–Kier alpha value is -2.93. The van der Waals surface area contributed by atoms with Crippen LogP contribution in [0.4, 0.5) is 19.5 Å². The van der Waals surface area contributed by atoms with Crippen LogP contribution in [0, 0.1) is 17.6 Å². The van der Waals surface area contributed by atoms with E-state index < -0.39 is 23.8 Å². The van der Waals surface area contributed by atoms with Crippen molar-refractivity contribution in [2.75, 3.05) is 30.8 Å². The fourth-order valence-corrected chi connectivity index (χ4v) is 4.02. The Morgan fingerprint density at radius 3 is 2.65 bits per heavy atom. The van der Waals surface area contributed by atoms with Gasteiger partial charge in [0.1, 0.15) is 27.3 Å². The van der Waals surface area contributed by atoms with E-state index in [9.17, 15) is 13.6 Å². The fraction of sp³-hybridized carbons (Fsp3) is 0.316. The molecule has 5 N–H and O–H groups in total. The van der Waals surface area contributed by atoms with Crippen molar-refractivity contribution in [3.05, 3.63) is 47.4 Å². The van der Waals surface area contributed by atoms with Crippen LogP contribution in [0.15, 0.2) is 24.4 Å². The highest BCUT2D eigenvalue weighted by Gasteiger charge is 2.29. The molecule has 1 fully saturated rings. The topological polar surface area (TPSA) is 130 Å². The van der Waals surface area contributed by atoms with E-state index in [1.54, 1.807) is 7.05 Å². The Labute approximate surface area is 180 Å². The van der Waals surface area contributed by atoms with Gasteiger partial charge in [-0.2, -0.15) is 5.10 Å². The zero-order valence-electron chi connectivity index (χ0n) is 16.5. The Bertz CT molecular complexity index is 1090. The normalized spacial score (nSPS) is 18.8. The number of carbonyl (C=O) groups is 1. The number of hydrogen-bond acceptors (Lipinski definition) is 8. The van der Waals surface area contributed by atoms with Gasteiger partial charge in [-0.15, -0.1) is 0 Å². The number of nitrogens with zero attached hydrogens (tertiary/aromatic N) is 3. The molecule has 3 heterocycles. The lowest BCUT2D eigenvalue weighted by Crippen LogP contribution is -2.33. The van der Waals surface area contributed by atoms with Crippen LogP contribution in [0.1, 0.15) is 22.5 Å². The molecule has 164 valence electrons. The summed E-state index contributed by atoms with van der Waals surface area (Å²) in [7, 11) is 1.68. The van der Waals surface area contributed by atoms with Gasteiger partial charge in [-0.05, 0) is 18.7 Å². The van der Waals surface area contributed by atoms with Gasteiger partial charge in [-0.25, -0.2) is 13.8 Å². The largest absolute Gasteiger partial charge is 0.389 e. The maximum absolute atomic E-state index is 14.1. The minimum atomic E-state index is -0.794. The Balaban J connectivity index is 1.57. The number of aryl methyl sites for hydroxylation is 1. The molecule has 9 nitrogen and oxygen atoms in total. The molecule has 0 saturated carbocycles. The number of halogens is 2. The predicted molar refractivity (Wildman–Crippen MR) is 110 cm³/mol. The standard InChI is InChI=1S/C19H20F2N6O3S/c1-27-15(19-29-7-9(5-22)8-30-19)12(6-24-27)25-17(28)14-16(23)31-18(26-14)13-10(20)3-2-4-11(13)21/h2-4,6,9,19H,5,7-8,22-23H2,1H3,(H,25,28). The van der Waals surface area contributed by atoms with Gasteiger partial charge >= 0.3 is 0 Å². The summed E-state index contributed by atoms with van der Waals surface area (Å²) in [5.41, 5.74) is 11.9. The van der Waals surface area contributed by atoms with E-state index in [-0.39, 0.29) is 27.2 Å². The zero-order chi connectivity index (χ0) is 22.1. The molecule has 2 aromatic heterocycles. The average molecular weight is 450 g/mol. The number of benzene rings is 1. The van der Waals surface area contributed by atoms with E-state index in [2.05, 4.69) is 15.4 Å². The second-order valence-corrected chi connectivity index (χ2v) is 7.98. The molecule has 0 radical (unpaired) electrons. The molecule has 3 aromatic rings. The van der Waals surface area contributed by atoms with E-state index in [0.29, 0.717) is 31.1 Å². The number of hydrogen-bond donors (Lipinski definition) is 3. The highest BCUT2D eigenvalue weighted by Crippen LogP contribution is 2.35. The first kappa shape index (κ1) is 21.3. The van der Waals surface area contributed by atoms with Crippen molar-refractivity contribution < 1.29 is 23.0 Å². The van der Waals surface area contributed by atoms with Crippen LogP contribution in [0.2, 0.25) is 0 Å². The van der Waals surface area contributed by atoms with Gasteiger partial charge < -0.3 is 26.3 Å². The van der Waals surface area contributed by atoms with Crippen LogP contribution in [0.5, 0.6) is 0 Å². The monoisotopic (exact) mass is 450 g/mol. The van der Waals surface area contributed by atoms with Crippen molar-refractivity contribution in [3.63, 3.8) is 0 Å². The molecule has 0 spiro atoms. The van der Waals surface area contributed by atoms with Gasteiger partial charge in [-0.3, -0.25) is 9.48 Å². The molecule has 0 bridgehead atoms. The lowest BCUT2D eigenvalue weighted by Gasteiger charge is -2.29. The summed E-state index contributed by atoms with van der Waals surface area (Å²) in [6.45, 7) is 1.27. The van der Waals surface area contributed by atoms with Crippen molar-refractivity contribution in [2.24, 2.45) is 18.7 Å². The van der Waals surface area contributed by atoms with Crippen molar-refractivity contribution >= 4 is 27.9 Å². The molecular formula is C19H20F2N6O3S. The lowest BCUT2D eigenvalue weighted by molar-refractivity contribution is -0.206. The summed E-state index contributed by atoms with van der Waals surface area (Å²) in [6.07, 6.45) is 0.705. The number of amides is 1. The molecule has 1 amide bonds. The Kier molecular flexibility index (Phi) is 5.96. The molecule has 0 atom stereocenters. The number of nitrogen functional groups attached to an aromatic ring is 1. The molecule has 0 aliphatic carbocycles. The van der Waals surface area contributed by atoms with E-state index in [1.807, 2.05) is 0 Å². The number of thiazole rings is 1. The van der Waals surface area contributed by atoms with Gasteiger partial charge in [0.25, 0.3) is 5.91 Å². The highest BCUT2D eigenvalue weighted by atomic mass is 32.1. The minimum absolute atomic E-state index is 0.0246. The van der Waals surface area contributed by atoms with Crippen molar-refractivity contribution in [1.29, 1.82) is 0 Å². The second kappa shape index (κ2) is 8.67.